The lowest BCUT2D eigenvalue weighted by Gasteiger charge is -2.08. The molecule has 0 aromatic heterocycles. The SMILES string of the molecule is C=C(C)COCCNCc1cc2c(cc1O)OCO2. The zero-order valence-corrected chi connectivity index (χ0v) is 11.1. The fourth-order valence-corrected chi connectivity index (χ4v) is 1.73. The molecule has 0 atom stereocenters. The minimum atomic E-state index is 0.208. The summed E-state index contributed by atoms with van der Waals surface area (Å²) in [4.78, 5) is 0. The van der Waals surface area contributed by atoms with E-state index in [1.165, 1.54) is 0 Å². The third-order valence-electron chi connectivity index (χ3n) is 2.66. The number of benzene rings is 1. The minimum Gasteiger partial charge on any atom is -0.507 e. The largest absolute Gasteiger partial charge is 0.507 e. The molecule has 5 nitrogen and oxygen atoms in total. The summed E-state index contributed by atoms with van der Waals surface area (Å²) in [5.74, 6) is 1.47. The van der Waals surface area contributed by atoms with Gasteiger partial charge in [-0.1, -0.05) is 12.2 Å². The Kier molecular flexibility index (Phi) is 4.65. The quantitative estimate of drug-likeness (QED) is 0.581. The Morgan fingerprint density at radius 2 is 2.16 bits per heavy atom. The summed E-state index contributed by atoms with van der Waals surface area (Å²) in [5, 5.41) is 13.0. The molecule has 0 fully saturated rings. The van der Waals surface area contributed by atoms with Crippen LogP contribution in [0, 0.1) is 0 Å². The molecule has 1 aromatic rings. The van der Waals surface area contributed by atoms with Crippen LogP contribution in [0.15, 0.2) is 24.3 Å². The number of rotatable bonds is 7. The van der Waals surface area contributed by atoms with Gasteiger partial charge in [-0.15, -0.1) is 0 Å². The molecule has 0 saturated carbocycles. The van der Waals surface area contributed by atoms with E-state index in [9.17, 15) is 5.11 Å². The number of phenols is 1. The summed E-state index contributed by atoms with van der Waals surface area (Å²) in [6, 6.07) is 3.37. The maximum atomic E-state index is 9.83. The molecule has 104 valence electrons. The molecule has 1 heterocycles. The van der Waals surface area contributed by atoms with Crippen LogP contribution in [-0.4, -0.2) is 31.7 Å². The summed E-state index contributed by atoms with van der Waals surface area (Å²) in [6.07, 6.45) is 0. The highest BCUT2D eigenvalue weighted by Crippen LogP contribution is 2.37. The summed E-state index contributed by atoms with van der Waals surface area (Å²) in [5.41, 5.74) is 1.79. The molecule has 2 N–H and O–H groups in total. The van der Waals surface area contributed by atoms with Gasteiger partial charge in [0.2, 0.25) is 6.79 Å². The number of aromatic hydroxyl groups is 1. The second kappa shape index (κ2) is 6.45. The Bertz CT molecular complexity index is 459. The zero-order valence-electron chi connectivity index (χ0n) is 11.1. The van der Waals surface area contributed by atoms with Crippen molar-refractivity contribution in [1.82, 2.24) is 5.32 Å². The van der Waals surface area contributed by atoms with Crippen molar-refractivity contribution >= 4 is 0 Å². The average molecular weight is 265 g/mol. The van der Waals surface area contributed by atoms with E-state index in [1.54, 1.807) is 12.1 Å². The van der Waals surface area contributed by atoms with Crippen LogP contribution in [0.4, 0.5) is 0 Å². The lowest BCUT2D eigenvalue weighted by atomic mass is 10.1. The molecule has 19 heavy (non-hydrogen) atoms. The van der Waals surface area contributed by atoms with Crippen molar-refractivity contribution in [2.75, 3.05) is 26.6 Å². The van der Waals surface area contributed by atoms with E-state index >= 15 is 0 Å². The van der Waals surface area contributed by atoms with Crippen LogP contribution in [0.5, 0.6) is 17.2 Å². The van der Waals surface area contributed by atoms with E-state index in [0.717, 1.165) is 11.1 Å². The van der Waals surface area contributed by atoms with Crippen molar-refractivity contribution in [3.63, 3.8) is 0 Å². The molecule has 0 amide bonds. The third kappa shape index (κ3) is 3.87. The molecule has 0 saturated heterocycles. The molecular weight excluding hydrogens is 246 g/mol. The Labute approximate surface area is 112 Å². The van der Waals surface area contributed by atoms with Gasteiger partial charge in [0, 0.05) is 24.7 Å². The van der Waals surface area contributed by atoms with E-state index in [1.807, 2.05) is 6.92 Å². The summed E-state index contributed by atoms with van der Waals surface area (Å²) in [6.45, 7) is 8.35. The van der Waals surface area contributed by atoms with Gasteiger partial charge in [-0.3, -0.25) is 0 Å². The van der Waals surface area contributed by atoms with E-state index < -0.39 is 0 Å². The molecule has 0 bridgehead atoms. The van der Waals surface area contributed by atoms with Gasteiger partial charge in [0.25, 0.3) is 0 Å². The average Bonchev–Trinajstić information content (AvgIpc) is 2.80. The Hall–Kier alpha value is -1.72. The Balaban J connectivity index is 1.75. The number of phenolic OH excluding ortho intramolecular Hbond substituents is 1. The first kappa shape index (κ1) is 13.7. The van der Waals surface area contributed by atoms with Crippen molar-refractivity contribution < 1.29 is 19.3 Å². The summed E-state index contributed by atoms with van der Waals surface area (Å²) in [7, 11) is 0. The Morgan fingerprint density at radius 3 is 2.89 bits per heavy atom. The van der Waals surface area contributed by atoms with Gasteiger partial charge in [0.1, 0.15) is 5.75 Å². The van der Waals surface area contributed by atoms with Crippen molar-refractivity contribution in [2.24, 2.45) is 0 Å². The predicted molar refractivity (Wildman–Crippen MR) is 71.6 cm³/mol. The van der Waals surface area contributed by atoms with Gasteiger partial charge in [0.05, 0.1) is 13.2 Å². The fraction of sp³-hybridized carbons (Fsp3) is 0.429. The molecule has 0 unspecified atom stereocenters. The standard InChI is InChI=1S/C14H19NO4/c1-10(2)8-17-4-3-15-7-11-5-13-14(6-12(11)16)19-9-18-13/h5-6,15-16H,1,3-4,7-9H2,2H3. The zero-order chi connectivity index (χ0) is 13.7. The molecule has 0 spiro atoms. The second-order valence-corrected chi connectivity index (χ2v) is 4.52. The first-order valence-corrected chi connectivity index (χ1v) is 6.21. The fourth-order valence-electron chi connectivity index (χ4n) is 1.73. The van der Waals surface area contributed by atoms with Crippen LogP contribution in [0.1, 0.15) is 12.5 Å². The lowest BCUT2D eigenvalue weighted by Crippen LogP contribution is -2.19. The van der Waals surface area contributed by atoms with Gasteiger partial charge in [-0.05, 0) is 13.0 Å². The van der Waals surface area contributed by atoms with Gasteiger partial charge >= 0.3 is 0 Å². The smallest absolute Gasteiger partial charge is 0.231 e. The molecule has 5 heteroatoms. The second-order valence-electron chi connectivity index (χ2n) is 4.52. The van der Waals surface area contributed by atoms with Crippen molar-refractivity contribution in [1.29, 1.82) is 0 Å². The van der Waals surface area contributed by atoms with Crippen LogP contribution >= 0.6 is 0 Å². The number of hydrogen-bond acceptors (Lipinski definition) is 5. The number of fused-ring (bicyclic) bond motifs is 1. The normalized spacial score (nSPS) is 12.7. The van der Waals surface area contributed by atoms with Crippen molar-refractivity contribution in [3.05, 3.63) is 29.8 Å². The van der Waals surface area contributed by atoms with Gasteiger partial charge in [0.15, 0.2) is 11.5 Å². The van der Waals surface area contributed by atoms with E-state index in [0.29, 0.717) is 37.8 Å². The van der Waals surface area contributed by atoms with E-state index in [-0.39, 0.29) is 12.5 Å². The van der Waals surface area contributed by atoms with E-state index in [2.05, 4.69) is 11.9 Å². The van der Waals surface area contributed by atoms with Crippen LogP contribution in [0.3, 0.4) is 0 Å². The van der Waals surface area contributed by atoms with Crippen molar-refractivity contribution in [2.45, 2.75) is 13.5 Å². The summed E-state index contributed by atoms with van der Waals surface area (Å²) < 4.78 is 15.8. The van der Waals surface area contributed by atoms with Crippen LogP contribution in [-0.2, 0) is 11.3 Å². The van der Waals surface area contributed by atoms with Crippen LogP contribution in [0.2, 0.25) is 0 Å². The number of hydrogen-bond donors (Lipinski definition) is 2. The monoisotopic (exact) mass is 265 g/mol. The van der Waals surface area contributed by atoms with E-state index in [4.69, 9.17) is 14.2 Å². The first-order chi connectivity index (χ1) is 9.16. The molecule has 1 aliphatic heterocycles. The minimum absolute atomic E-state index is 0.208. The lowest BCUT2D eigenvalue weighted by molar-refractivity contribution is 0.157. The highest BCUT2D eigenvalue weighted by molar-refractivity contribution is 5.51. The highest BCUT2D eigenvalue weighted by atomic mass is 16.7. The topological polar surface area (TPSA) is 60.0 Å². The molecular formula is C14H19NO4. The molecule has 2 rings (SSSR count). The summed E-state index contributed by atoms with van der Waals surface area (Å²) >= 11 is 0. The van der Waals surface area contributed by atoms with Crippen LogP contribution < -0.4 is 14.8 Å². The molecule has 1 aliphatic rings. The van der Waals surface area contributed by atoms with Gasteiger partial charge in [-0.25, -0.2) is 0 Å². The maximum absolute atomic E-state index is 9.83. The first-order valence-electron chi connectivity index (χ1n) is 6.21. The van der Waals surface area contributed by atoms with Crippen LogP contribution in [0.25, 0.3) is 0 Å². The molecule has 1 aromatic carbocycles. The molecule has 0 radical (unpaired) electrons. The van der Waals surface area contributed by atoms with Crippen molar-refractivity contribution in [3.8, 4) is 17.2 Å². The predicted octanol–water partition coefficient (Wildman–Crippen LogP) is 1.80. The maximum Gasteiger partial charge on any atom is 0.231 e. The Morgan fingerprint density at radius 1 is 1.42 bits per heavy atom. The van der Waals surface area contributed by atoms with Gasteiger partial charge < -0.3 is 24.6 Å². The number of ether oxygens (including phenoxy) is 3. The highest BCUT2D eigenvalue weighted by Gasteiger charge is 2.16. The third-order valence-corrected chi connectivity index (χ3v) is 2.66. The number of nitrogens with one attached hydrogen (secondary N) is 1. The molecule has 0 aliphatic carbocycles. The van der Waals surface area contributed by atoms with Gasteiger partial charge in [-0.2, -0.15) is 0 Å².